The second kappa shape index (κ2) is 8.39. The molecule has 0 aromatic heterocycles. The lowest BCUT2D eigenvalue weighted by molar-refractivity contribution is 0.0735. The van der Waals surface area contributed by atoms with Gasteiger partial charge in [0.1, 0.15) is 11.5 Å². The first-order chi connectivity index (χ1) is 13.8. The molecule has 0 aliphatic rings. The third kappa shape index (κ3) is 5.17. The number of carbonyl (C=O) groups is 1. The van der Waals surface area contributed by atoms with Crippen LogP contribution in [0.5, 0.6) is 11.5 Å². The van der Waals surface area contributed by atoms with Crippen molar-refractivity contribution in [3.8, 4) is 11.5 Å². The van der Waals surface area contributed by atoms with Crippen LogP contribution in [0.1, 0.15) is 42.3 Å². The highest BCUT2D eigenvalue weighted by Crippen LogP contribution is 2.34. The van der Waals surface area contributed by atoms with Crippen molar-refractivity contribution in [1.82, 2.24) is 0 Å². The van der Waals surface area contributed by atoms with E-state index < -0.39 is 0 Å². The smallest absolute Gasteiger partial charge is 0.343 e. The van der Waals surface area contributed by atoms with Crippen molar-refractivity contribution >= 4 is 17.3 Å². The molecular weight excluding hydrogens is 362 g/mol. The van der Waals surface area contributed by atoms with Gasteiger partial charge in [-0.1, -0.05) is 38.5 Å². The van der Waals surface area contributed by atoms with E-state index >= 15 is 0 Å². The van der Waals surface area contributed by atoms with Crippen molar-refractivity contribution in [3.63, 3.8) is 0 Å². The minimum atomic E-state index is -0.365. The zero-order chi connectivity index (χ0) is 21.0. The Balaban J connectivity index is 1.71. The Bertz CT molecular complexity index is 984. The number of nitrogens with one attached hydrogen (secondary N) is 1. The van der Waals surface area contributed by atoms with Crippen molar-refractivity contribution < 1.29 is 14.3 Å². The van der Waals surface area contributed by atoms with Gasteiger partial charge in [-0.15, -0.1) is 0 Å². The van der Waals surface area contributed by atoms with Crippen LogP contribution in [0.25, 0.3) is 0 Å². The Hall–Kier alpha value is -3.27. The minimum absolute atomic E-state index is 0.0307. The first-order valence-electron chi connectivity index (χ1n) is 9.61. The largest absolute Gasteiger partial charge is 0.496 e. The fourth-order valence-electron chi connectivity index (χ4n) is 3.00. The first kappa shape index (κ1) is 20.5. The molecule has 0 saturated heterocycles. The summed E-state index contributed by atoms with van der Waals surface area (Å²) in [6, 6.07) is 20.7. The number of aryl methyl sites for hydroxylation is 1. The lowest BCUT2D eigenvalue weighted by atomic mass is 9.86. The van der Waals surface area contributed by atoms with E-state index in [0.29, 0.717) is 11.3 Å². The fraction of sp³-hybridized carbons (Fsp3) is 0.240. The third-order valence-electron chi connectivity index (χ3n) is 4.65. The van der Waals surface area contributed by atoms with Gasteiger partial charge in [0.25, 0.3) is 0 Å². The Morgan fingerprint density at radius 3 is 2.07 bits per heavy atom. The summed E-state index contributed by atoms with van der Waals surface area (Å²) < 4.78 is 11.0. The highest BCUT2D eigenvalue weighted by atomic mass is 16.5. The van der Waals surface area contributed by atoms with Crippen LogP contribution in [0.4, 0.5) is 11.4 Å². The lowest BCUT2D eigenvalue weighted by Crippen LogP contribution is -2.13. The van der Waals surface area contributed by atoms with Crippen LogP contribution >= 0.6 is 0 Å². The molecule has 0 atom stereocenters. The molecule has 29 heavy (non-hydrogen) atoms. The molecule has 3 rings (SSSR count). The Kier molecular flexibility index (Phi) is 5.92. The number of benzene rings is 3. The van der Waals surface area contributed by atoms with Gasteiger partial charge in [0, 0.05) is 16.9 Å². The quantitative estimate of drug-likeness (QED) is 0.413. The van der Waals surface area contributed by atoms with Gasteiger partial charge >= 0.3 is 5.97 Å². The summed E-state index contributed by atoms with van der Waals surface area (Å²) in [4.78, 5) is 12.2. The maximum atomic E-state index is 12.2. The predicted octanol–water partition coefficient (Wildman–Crippen LogP) is 6.26. The van der Waals surface area contributed by atoms with Crippen LogP contribution in [0.3, 0.4) is 0 Å². The zero-order valence-electron chi connectivity index (χ0n) is 17.6. The summed E-state index contributed by atoms with van der Waals surface area (Å²) in [6.45, 7) is 8.46. The molecule has 0 aliphatic heterocycles. The molecule has 3 aromatic rings. The number of anilines is 2. The van der Waals surface area contributed by atoms with Crippen molar-refractivity contribution in [2.75, 3.05) is 12.4 Å². The number of carbonyl (C=O) groups excluding carboxylic acids is 1. The number of hydrogen-bond donors (Lipinski definition) is 1. The van der Waals surface area contributed by atoms with Crippen LogP contribution in [0.15, 0.2) is 66.7 Å². The van der Waals surface area contributed by atoms with Crippen LogP contribution in [-0.2, 0) is 5.41 Å². The van der Waals surface area contributed by atoms with Crippen LogP contribution in [0.2, 0.25) is 0 Å². The van der Waals surface area contributed by atoms with E-state index in [1.165, 1.54) is 0 Å². The summed E-state index contributed by atoms with van der Waals surface area (Å²) in [5, 5.41) is 3.39. The highest BCUT2D eigenvalue weighted by Gasteiger charge is 2.19. The molecule has 0 amide bonds. The standard InChI is InChI=1S/C25H27NO3/c1-17-6-8-18(9-7-17)24(27)29-21-13-10-19(11-14-21)26-20-12-15-23(28-5)22(16-20)25(2,3)4/h6-16,26H,1-5H3. The van der Waals surface area contributed by atoms with Gasteiger partial charge in [-0.2, -0.15) is 0 Å². The summed E-state index contributed by atoms with van der Waals surface area (Å²) in [5.74, 6) is 1.02. The molecular formula is C25H27NO3. The van der Waals surface area contributed by atoms with Gasteiger partial charge in [0.15, 0.2) is 0 Å². The second-order valence-corrected chi connectivity index (χ2v) is 8.07. The third-order valence-corrected chi connectivity index (χ3v) is 4.65. The number of methoxy groups -OCH3 is 1. The molecule has 0 bridgehead atoms. The zero-order valence-corrected chi connectivity index (χ0v) is 17.6. The van der Waals surface area contributed by atoms with Gasteiger partial charge in [0.05, 0.1) is 12.7 Å². The van der Waals surface area contributed by atoms with E-state index in [2.05, 4.69) is 32.2 Å². The molecule has 4 heteroatoms. The highest BCUT2D eigenvalue weighted by molar-refractivity contribution is 5.91. The van der Waals surface area contributed by atoms with Crippen LogP contribution in [-0.4, -0.2) is 13.1 Å². The van der Waals surface area contributed by atoms with Crippen molar-refractivity contribution in [2.24, 2.45) is 0 Å². The maximum Gasteiger partial charge on any atom is 0.343 e. The summed E-state index contributed by atoms with van der Waals surface area (Å²) in [7, 11) is 1.69. The Labute approximate surface area is 172 Å². The molecule has 0 fully saturated rings. The summed E-state index contributed by atoms with van der Waals surface area (Å²) >= 11 is 0. The summed E-state index contributed by atoms with van der Waals surface area (Å²) in [5.41, 5.74) is 4.62. The van der Waals surface area contributed by atoms with Gasteiger partial charge in [-0.05, 0) is 66.9 Å². The van der Waals surface area contributed by atoms with Crippen LogP contribution < -0.4 is 14.8 Å². The topological polar surface area (TPSA) is 47.6 Å². The van der Waals surface area contributed by atoms with Crippen molar-refractivity contribution in [3.05, 3.63) is 83.4 Å². The van der Waals surface area contributed by atoms with E-state index in [-0.39, 0.29) is 11.4 Å². The normalized spacial score (nSPS) is 11.1. The second-order valence-electron chi connectivity index (χ2n) is 8.07. The molecule has 0 spiro atoms. The molecule has 0 heterocycles. The molecule has 0 unspecified atom stereocenters. The van der Waals surface area contributed by atoms with E-state index in [9.17, 15) is 4.79 Å². The van der Waals surface area contributed by atoms with Crippen molar-refractivity contribution in [2.45, 2.75) is 33.1 Å². The van der Waals surface area contributed by atoms with Gasteiger partial charge in [0.2, 0.25) is 0 Å². The minimum Gasteiger partial charge on any atom is -0.496 e. The molecule has 150 valence electrons. The Morgan fingerprint density at radius 1 is 0.862 bits per heavy atom. The molecule has 0 aliphatic carbocycles. The van der Waals surface area contributed by atoms with E-state index in [1.807, 2.05) is 43.3 Å². The van der Waals surface area contributed by atoms with Crippen molar-refractivity contribution in [1.29, 1.82) is 0 Å². The average Bonchev–Trinajstić information content (AvgIpc) is 2.69. The maximum absolute atomic E-state index is 12.2. The Morgan fingerprint density at radius 2 is 1.48 bits per heavy atom. The number of rotatable bonds is 5. The number of hydrogen-bond acceptors (Lipinski definition) is 4. The van der Waals surface area contributed by atoms with E-state index in [4.69, 9.17) is 9.47 Å². The predicted molar refractivity (Wildman–Crippen MR) is 118 cm³/mol. The molecule has 4 nitrogen and oxygen atoms in total. The number of esters is 1. The fourth-order valence-corrected chi connectivity index (χ4v) is 3.00. The lowest BCUT2D eigenvalue weighted by Gasteiger charge is -2.23. The molecule has 3 aromatic carbocycles. The van der Waals surface area contributed by atoms with E-state index in [0.717, 1.165) is 28.3 Å². The first-order valence-corrected chi connectivity index (χ1v) is 9.61. The van der Waals surface area contributed by atoms with Gasteiger partial charge < -0.3 is 14.8 Å². The SMILES string of the molecule is COc1ccc(Nc2ccc(OC(=O)c3ccc(C)cc3)cc2)cc1C(C)(C)C. The monoisotopic (exact) mass is 389 g/mol. The number of ether oxygens (including phenoxy) is 2. The van der Waals surface area contributed by atoms with Gasteiger partial charge in [-0.25, -0.2) is 4.79 Å². The van der Waals surface area contributed by atoms with Gasteiger partial charge in [-0.3, -0.25) is 0 Å². The van der Waals surface area contributed by atoms with E-state index in [1.54, 1.807) is 31.4 Å². The molecule has 0 saturated carbocycles. The average molecular weight is 389 g/mol. The summed E-state index contributed by atoms with van der Waals surface area (Å²) in [6.07, 6.45) is 0. The molecule has 1 N–H and O–H groups in total. The van der Waals surface area contributed by atoms with Crippen LogP contribution in [0, 0.1) is 6.92 Å². The molecule has 0 radical (unpaired) electrons.